The molecule has 0 aliphatic heterocycles. The number of nitrogens with two attached hydrogens (primary N) is 2. The fourth-order valence-electron chi connectivity index (χ4n) is 1.26. The first-order valence-electron chi connectivity index (χ1n) is 3.90. The number of hydrogen-bond donors (Lipinski definition) is 4. The average Bonchev–Trinajstić information content (AvgIpc) is 2.42. The lowest BCUT2D eigenvalue weighted by atomic mass is 10.1. The minimum Gasteiger partial charge on any atom is -0.312 e. The largest absolute Gasteiger partial charge is 0.323 e. The summed E-state index contributed by atoms with van der Waals surface area (Å²) in [5.41, 5.74) is 13.0. The fourth-order valence-corrected chi connectivity index (χ4v) is 1.26. The molecule has 0 amide bonds. The van der Waals surface area contributed by atoms with Crippen molar-refractivity contribution in [3.8, 4) is 0 Å². The Kier molecular flexibility index (Phi) is 1.68. The highest BCUT2D eigenvalue weighted by molar-refractivity contribution is 5.75. The summed E-state index contributed by atoms with van der Waals surface area (Å²) in [5, 5.41) is 0. The Hall–Kier alpha value is -1.59. The van der Waals surface area contributed by atoms with Crippen molar-refractivity contribution >= 4 is 11.0 Å². The lowest BCUT2D eigenvalue weighted by Gasteiger charge is -2.03. The molecular formula is C8H10N4O. The number of imidazole rings is 1. The zero-order valence-corrected chi connectivity index (χ0v) is 6.87. The lowest BCUT2D eigenvalue weighted by molar-refractivity contribution is 0.775. The van der Waals surface area contributed by atoms with Crippen molar-refractivity contribution in [3.05, 3.63) is 34.2 Å². The molecule has 0 fully saturated rings. The van der Waals surface area contributed by atoms with Gasteiger partial charge >= 0.3 is 5.69 Å². The van der Waals surface area contributed by atoms with Gasteiger partial charge in [0, 0.05) is 0 Å². The van der Waals surface area contributed by atoms with Crippen LogP contribution < -0.4 is 17.2 Å². The van der Waals surface area contributed by atoms with Crippen LogP contribution >= 0.6 is 0 Å². The number of nitrogens with one attached hydrogen (secondary N) is 2. The van der Waals surface area contributed by atoms with Gasteiger partial charge < -0.3 is 21.4 Å². The molecular weight excluding hydrogens is 168 g/mol. The number of H-pyrrole nitrogens is 2. The van der Waals surface area contributed by atoms with Crippen LogP contribution in [-0.2, 0) is 0 Å². The van der Waals surface area contributed by atoms with Gasteiger partial charge in [0.25, 0.3) is 0 Å². The predicted octanol–water partition coefficient (Wildman–Crippen LogP) is -0.228. The molecule has 1 heterocycles. The third-order valence-electron chi connectivity index (χ3n) is 1.92. The first-order valence-corrected chi connectivity index (χ1v) is 3.90. The number of rotatable bonds is 1. The number of hydrogen-bond acceptors (Lipinski definition) is 3. The first kappa shape index (κ1) is 8.03. The first-order chi connectivity index (χ1) is 6.16. The monoisotopic (exact) mass is 178 g/mol. The highest BCUT2D eigenvalue weighted by Crippen LogP contribution is 2.12. The van der Waals surface area contributed by atoms with Crippen LogP contribution in [0.4, 0.5) is 0 Å². The zero-order valence-electron chi connectivity index (χ0n) is 6.87. The van der Waals surface area contributed by atoms with Crippen molar-refractivity contribution in [3.63, 3.8) is 0 Å². The van der Waals surface area contributed by atoms with Gasteiger partial charge in [-0.05, 0) is 17.7 Å². The molecule has 0 atom stereocenters. The van der Waals surface area contributed by atoms with Crippen molar-refractivity contribution in [2.24, 2.45) is 11.5 Å². The fraction of sp³-hybridized carbons (Fsp3) is 0.125. The van der Waals surface area contributed by atoms with E-state index in [9.17, 15) is 4.79 Å². The van der Waals surface area contributed by atoms with Crippen molar-refractivity contribution in [1.29, 1.82) is 0 Å². The van der Waals surface area contributed by atoms with E-state index in [-0.39, 0.29) is 5.69 Å². The molecule has 0 aliphatic rings. The van der Waals surface area contributed by atoms with Crippen LogP contribution in [0.2, 0.25) is 0 Å². The van der Waals surface area contributed by atoms with E-state index in [2.05, 4.69) is 9.97 Å². The van der Waals surface area contributed by atoms with E-state index in [0.717, 1.165) is 16.6 Å². The molecule has 0 unspecified atom stereocenters. The second kappa shape index (κ2) is 2.72. The average molecular weight is 178 g/mol. The van der Waals surface area contributed by atoms with E-state index in [4.69, 9.17) is 11.5 Å². The van der Waals surface area contributed by atoms with Crippen molar-refractivity contribution < 1.29 is 0 Å². The van der Waals surface area contributed by atoms with Gasteiger partial charge in [-0.15, -0.1) is 0 Å². The highest BCUT2D eigenvalue weighted by Gasteiger charge is 2.02. The van der Waals surface area contributed by atoms with Gasteiger partial charge in [0.15, 0.2) is 0 Å². The van der Waals surface area contributed by atoms with E-state index < -0.39 is 6.17 Å². The van der Waals surface area contributed by atoms with Gasteiger partial charge in [-0.2, -0.15) is 0 Å². The van der Waals surface area contributed by atoms with E-state index in [1.54, 1.807) is 18.2 Å². The summed E-state index contributed by atoms with van der Waals surface area (Å²) in [6.45, 7) is 0. The summed E-state index contributed by atoms with van der Waals surface area (Å²) < 4.78 is 0. The topological polar surface area (TPSA) is 101 Å². The SMILES string of the molecule is NC(N)c1ccc2[nH]c(=O)[nH]c2c1. The summed E-state index contributed by atoms with van der Waals surface area (Å²) in [4.78, 5) is 16.2. The quantitative estimate of drug-likeness (QED) is 0.454. The molecule has 0 bridgehead atoms. The van der Waals surface area contributed by atoms with Gasteiger partial charge in [-0.3, -0.25) is 0 Å². The normalized spacial score (nSPS) is 11.3. The molecule has 13 heavy (non-hydrogen) atoms. The van der Waals surface area contributed by atoms with E-state index in [0.29, 0.717) is 0 Å². The number of aromatic nitrogens is 2. The molecule has 1 aromatic carbocycles. The lowest BCUT2D eigenvalue weighted by Crippen LogP contribution is -2.19. The Bertz CT molecular complexity index is 482. The molecule has 68 valence electrons. The molecule has 0 saturated carbocycles. The summed E-state index contributed by atoms with van der Waals surface area (Å²) in [5.74, 6) is 0. The third kappa shape index (κ3) is 1.34. The summed E-state index contributed by atoms with van der Waals surface area (Å²) in [6, 6.07) is 5.32. The Balaban J connectivity index is 2.68. The molecule has 2 rings (SSSR count). The Morgan fingerprint density at radius 1 is 1.15 bits per heavy atom. The molecule has 5 heteroatoms. The predicted molar refractivity (Wildman–Crippen MR) is 50.0 cm³/mol. The molecule has 1 aromatic heterocycles. The number of benzene rings is 1. The maximum Gasteiger partial charge on any atom is 0.323 e. The second-order valence-electron chi connectivity index (χ2n) is 2.91. The van der Waals surface area contributed by atoms with Crippen molar-refractivity contribution in [2.45, 2.75) is 6.17 Å². The zero-order chi connectivity index (χ0) is 9.42. The maximum absolute atomic E-state index is 10.9. The van der Waals surface area contributed by atoms with Crippen LogP contribution in [0.25, 0.3) is 11.0 Å². The van der Waals surface area contributed by atoms with Crippen LogP contribution in [0.5, 0.6) is 0 Å². The van der Waals surface area contributed by atoms with Gasteiger partial charge in [-0.1, -0.05) is 6.07 Å². The second-order valence-corrected chi connectivity index (χ2v) is 2.91. The summed E-state index contributed by atoms with van der Waals surface area (Å²) in [6.07, 6.45) is -0.511. The van der Waals surface area contributed by atoms with Crippen LogP contribution in [0.15, 0.2) is 23.0 Å². The molecule has 0 spiro atoms. The number of fused-ring (bicyclic) bond motifs is 1. The minimum atomic E-state index is -0.511. The maximum atomic E-state index is 10.9. The Morgan fingerprint density at radius 3 is 2.54 bits per heavy atom. The van der Waals surface area contributed by atoms with Crippen LogP contribution in [0.3, 0.4) is 0 Å². The molecule has 0 saturated heterocycles. The van der Waals surface area contributed by atoms with Crippen molar-refractivity contribution in [2.75, 3.05) is 0 Å². The van der Waals surface area contributed by atoms with E-state index in [1.165, 1.54) is 0 Å². The molecule has 6 N–H and O–H groups in total. The van der Waals surface area contributed by atoms with Crippen molar-refractivity contribution in [1.82, 2.24) is 9.97 Å². The summed E-state index contributed by atoms with van der Waals surface area (Å²) >= 11 is 0. The summed E-state index contributed by atoms with van der Waals surface area (Å²) in [7, 11) is 0. The van der Waals surface area contributed by atoms with E-state index >= 15 is 0 Å². The van der Waals surface area contributed by atoms with Crippen LogP contribution in [0.1, 0.15) is 11.7 Å². The molecule has 2 aromatic rings. The van der Waals surface area contributed by atoms with Gasteiger partial charge in [0.2, 0.25) is 0 Å². The molecule has 5 nitrogen and oxygen atoms in total. The Labute approximate surface area is 73.7 Å². The molecule has 0 radical (unpaired) electrons. The van der Waals surface area contributed by atoms with Gasteiger partial charge in [-0.25, -0.2) is 4.79 Å². The standard InChI is InChI=1S/C8H10N4O/c9-7(10)4-1-2-5-6(3-4)12-8(13)11-5/h1-3,7H,9-10H2,(H2,11,12,13). The van der Waals surface area contributed by atoms with Gasteiger partial charge in [0.05, 0.1) is 17.2 Å². The van der Waals surface area contributed by atoms with Gasteiger partial charge in [0.1, 0.15) is 0 Å². The minimum absolute atomic E-state index is 0.224. The molecule has 0 aliphatic carbocycles. The Morgan fingerprint density at radius 2 is 1.85 bits per heavy atom. The van der Waals surface area contributed by atoms with Crippen LogP contribution in [0, 0.1) is 0 Å². The third-order valence-corrected chi connectivity index (χ3v) is 1.92. The van der Waals surface area contributed by atoms with Crippen LogP contribution in [-0.4, -0.2) is 9.97 Å². The van der Waals surface area contributed by atoms with E-state index in [1.807, 2.05) is 0 Å². The highest BCUT2D eigenvalue weighted by atomic mass is 16.1. The number of aromatic amines is 2. The smallest absolute Gasteiger partial charge is 0.312 e.